The van der Waals surface area contributed by atoms with E-state index in [1.54, 1.807) is 10.3 Å². The lowest BCUT2D eigenvalue weighted by Crippen LogP contribution is -2.48. The van der Waals surface area contributed by atoms with E-state index in [0.29, 0.717) is 23.7 Å². The van der Waals surface area contributed by atoms with Gasteiger partial charge >= 0.3 is 0 Å². The third kappa shape index (κ3) is 2.31. The van der Waals surface area contributed by atoms with Crippen LogP contribution < -0.4 is 0 Å². The highest BCUT2D eigenvalue weighted by molar-refractivity contribution is 7.91. The number of hydrogen-bond acceptors (Lipinski definition) is 4. The lowest BCUT2D eigenvalue weighted by atomic mass is 9.78. The van der Waals surface area contributed by atoms with Gasteiger partial charge in [-0.15, -0.1) is 11.3 Å². The molecule has 1 spiro atoms. The zero-order chi connectivity index (χ0) is 15.3. The van der Waals surface area contributed by atoms with E-state index in [9.17, 15) is 13.2 Å². The van der Waals surface area contributed by atoms with Crippen LogP contribution in [-0.2, 0) is 14.8 Å². The Bertz CT molecular complexity index is 668. The summed E-state index contributed by atoms with van der Waals surface area (Å²) in [6, 6.07) is 1.82. The molecule has 0 aromatic carbocycles. The molecule has 3 heterocycles. The fourth-order valence-electron chi connectivity index (χ4n) is 3.43. The van der Waals surface area contributed by atoms with Crippen LogP contribution >= 0.6 is 11.3 Å². The van der Waals surface area contributed by atoms with Gasteiger partial charge in [0.05, 0.1) is 5.41 Å². The zero-order valence-corrected chi connectivity index (χ0v) is 14.0. The van der Waals surface area contributed by atoms with Crippen LogP contribution in [0.4, 0.5) is 0 Å². The van der Waals surface area contributed by atoms with Crippen LogP contribution in [0.15, 0.2) is 15.7 Å². The number of likely N-dealkylation sites (tertiary alicyclic amines) is 1. The van der Waals surface area contributed by atoms with Crippen LogP contribution in [0.2, 0.25) is 0 Å². The summed E-state index contributed by atoms with van der Waals surface area (Å²) < 4.78 is 27.4. The zero-order valence-electron chi connectivity index (χ0n) is 12.3. The van der Waals surface area contributed by atoms with Gasteiger partial charge in [-0.25, -0.2) is 8.42 Å². The number of piperidine rings is 1. The Morgan fingerprint density at radius 3 is 2.71 bits per heavy atom. The molecule has 0 N–H and O–H groups in total. The summed E-state index contributed by atoms with van der Waals surface area (Å²) in [4.78, 5) is 14.2. The van der Waals surface area contributed by atoms with Gasteiger partial charge in [0.1, 0.15) is 4.21 Å². The number of aryl methyl sites for hydroxylation is 1. The molecule has 116 valence electrons. The van der Waals surface area contributed by atoms with E-state index < -0.39 is 15.4 Å². The molecule has 21 heavy (non-hydrogen) atoms. The number of amides is 1. The van der Waals surface area contributed by atoms with Crippen molar-refractivity contribution in [3.63, 3.8) is 0 Å². The first kappa shape index (κ1) is 15.0. The number of carbonyl (C=O) groups is 1. The molecule has 2 fully saturated rings. The van der Waals surface area contributed by atoms with E-state index in [1.807, 2.05) is 20.0 Å². The number of nitrogens with zero attached hydrogens (tertiary/aromatic N) is 2. The van der Waals surface area contributed by atoms with Crippen LogP contribution in [-0.4, -0.2) is 50.2 Å². The lowest BCUT2D eigenvalue weighted by Gasteiger charge is -2.37. The van der Waals surface area contributed by atoms with E-state index in [1.165, 1.54) is 15.6 Å². The summed E-state index contributed by atoms with van der Waals surface area (Å²) in [7, 11) is -1.65. The molecule has 7 heteroatoms. The smallest absolute Gasteiger partial charge is 0.252 e. The van der Waals surface area contributed by atoms with Gasteiger partial charge in [0.15, 0.2) is 0 Å². The molecule has 3 rings (SSSR count). The second-order valence-electron chi connectivity index (χ2n) is 6.09. The van der Waals surface area contributed by atoms with Gasteiger partial charge in [0, 0.05) is 26.7 Å². The number of thiophene rings is 1. The second-order valence-corrected chi connectivity index (χ2v) is 9.14. The Balaban J connectivity index is 1.88. The Morgan fingerprint density at radius 1 is 1.29 bits per heavy atom. The SMILES string of the molecule is Cc1ccsc1S(=O)(=O)N1CCC2(CCCN(C)C2=O)C1. The fourth-order valence-corrected chi connectivity index (χ4v) is 6.50. The highest BCUT2D eigenvalue weighted by atomic mass is 32.2. The Hall–Kier alpha value is -0.920. The average Bonchev–Trinajstić information content (AvgIpc) is 3.04. The molecule has 1 unspecified atom stereocenters. The van der Waals surface area contributed by atoms with Crippen molar-refractivity contribution in [3.8, 4) is 0 Å². The Kier molecular flexibility index (Phi) is 3.62. The van der Waals surface area contributed by atoms with Crippen molar-refractivity contribution in [2.75, 3.05) is 26.7 Å². The van der Waals surface area contributed by atoms with Gasteiger partial charge in [-0.2, -0.15) is 4.31 Å². The maximum Gasteiger partial charge on any atom is 0.252 e. The highest BCUT2D eigenvalue weighted by Gasteiger charge is 2.50. The van der Waals surface area contributed by atoms with Crippen molar-refractivity contribution >= 4 is 27.3 Å². The molecule has 0 bridgehead atoms. The summed E-state index contributed by atoms with van der Waals surface area (Å²) in [6.07, 6.45) is 2.39. The van der Waals surface area contributed by atoms with Gasteiger partial charge in [-0.3, -0.25) is 4.79 Å². The van der Waals surface area contributed by atoms with E-state index in [4.69, 9.17) is 0 Å². The molecule has 0 saturated carbocycles. The Labute approximate surface area is 129 Å². The van der Waals surface area contributed by atoms with Crippen LogP contribution in [0.5, 0.6) is 0 Å². The van der Waals surface area contributed by atoms with Gasteiger partial charge in [-0.05, 0) is 43.2 Å². The van der Waals surface area contributed by atoms with Crippen molar-refractivity contribution in [3.05, 3.63) is 17.0 Å². The third-order valence-electron chi connectivity index (χ3n) is 4.66. The van der Waals surface area contributed by atoms with E-state index in [2.05, 4.69) is 0 Å². The predicted molar refractivity (Wildman–Crippen MR) is 81.7 cm³/mol. The first-order valence-corrected chi connectivity index (χ1v) is 9.49. The first-order valence-electron chi connectivity index (χ1n) is 7.17. The third-order valence-corrected chi connectivity index (χ3v) is 8.17. The molecule has 5 nitrogen and oxygen atoms in total. The summed E-state index contributed by atoms with van der Waals surface area (Å²) in [6.45, 7) is 3.36. The van der Waals surface area contributed by atoms with Crippen LogP contribution in [0.1, 0.15) is 24.8 Å². The van der Waals surface area contributed by atoms with Crippen LogP contribution in [0.3, 0.4) is 0 Å². The van der Waals surface area contributed by atoms with E-state index in [-0.39, 0.29) is 5.91 Å². The monoisotopic (exact) mass is 328 g/mol. The summed E-state index contributed by atoms with van der Waals surface area (Å²) in [5.41, 5.74) is 0.290. The summed E-state index contributed by atoms with van der Waals surface area (Å²) in [5, 5.41) is 1.80. The molecular weight excluding hydrogens is 308 g/mol. The maximum absolute atomic E-state index is 12.7. The van der Waals surface area contributed by atoms with E-state index >= 15 is 0 Å². The molecule has 1 aromatic rings. The second kappa shape index (κ2) is 5.07. The van der Waals surface area contributed by atoms with Gasteiger partial charge in [0.25, 0.3) is 10.0 Å². The van der Waals surface area contributed by atoms with Crippen LogP contribution in [0, 0.1) is 12.3 Å². The molecule has 2 aliphatic heterocycles. The molecule has 2 saturated heterocycles. The summed E-state index contributed by atoms with van der Waals surface area (Å²) in [5.74, 6) is 0.106. The predicted octanol–water partition coefficient (Wildman–Crippen LogP) is 1.69. The minimum absolute atomic E-state index is 0.106. The molecule has 1 amide bonds. The normalized spacial score (nSPS) is 27.7. The topological polar surface area (TPSA) is 57.7 Å². The highest BCUT2D eigenvalue weighted by Crippen LogP contribution is 2.42. The fraction of sp³-hybridized carbons (Fsp3) is 0.643. The number of carbonyl (C=O) groups excluding carboxylic acids is 1. The average molecular weight is 328 g/mol. The quantitative estimate of drug-likeness (QED) is 0.830. The minimum atomic E-state index is -3.46. The van der Waals surface area contributed by atoms with Crippen LogP contribution in [0.25, 0.3) is 0 Å². The molecule has 1 atom stereocenters. The van der Waals surface area contributed by atoms with Crippen molar-refractivity contribution in [1.29, 1.82) is 0 Å². The first-order chi connectivity index (χ1) is 9.87. The maximum atomic E-state index is 12.7. The number of sulfonamides is 1. The van der Waals surface area contributed by atoms with E-state index in [0.717, 1.165) is 24.9 Å². The minimum Gasteiger partial charge on any atom is -0.345 e. The van der Waals surface area contributed by atoms with Crippen molar-refractivity contribution in [2.24, 2.45) is 5.41 Å². The van der Waals surface area contributed by atoms with Crippen molar-refractivity contribution < 1.29 is 13.2 Å². The largest absolute Gasteiger partial charge is 0.345 e. The van der Waals surface area contributed by atoms with Gasteiger partial charge in [-0.1, -0.05) is 0 Å². The standard InChI is InChI=1S/C14H20N2O3S2/c1-11-4-9-20-12(11)21(18,19)16-8-6-14(10-16)5-3-7-15(2)13(14)17/h4,9H,3,5-8,10H2,1-2H3. The van der Waals surface area contributed by atoms with Crippen molar-refractivity contribution in [1.82, 2.24) is 9.21 Å². The lowest BCUT2D eigenvalue weighted by molar-refractivity contribution is -0.143. The van der Waals surface area contributed by atoms with Gasteiger partial charge < -0.3 is 4.90 Å². The molecular formula is C14H20N2O3S2. The molecule has 0 radical (unpaired) electrons. The molecule has 1 aromatic heterocycles. The van der Waals surface area contributed by atoms with Gasteiger partial charge in [0.2, 0.25) is 5.91 Å². The number of hydrogen-bond donors (Lipinski definition) is 0. The van der Waals surface area contributed by atoms with Crippen molar-refractivity contribution in [2.45, 2.75) is 30.4 Å². The Morgan fingerprint density at radius 2 is 2.05 bits per heavy atom. The molecule has 2 aliphatic rings. The molecule has 0 aliphatic carbocycles. The number of rotatable bonds is 2. The summed E-state index contributed by atoms with van der Waals surface area (Å²) >= 11 is 1.25.